The Morgan fingerprint density at radius 2 is 1.29 bits per heavy atom. The molecule has 0 aliphatic heterocycles. The van der Waals surface area contributed by atoms with E-state index >= 15 is 0 Å². The highest BCUT2D eigenvalue weighted by atomic mass is 31.1. The summed E-state index contributed by atoms with van der Waals surface area (Å²) in [5.74, 6) is 0. The third kappa shape index (κ3) is 4.34. The summed E-state index contributed by atoms with van der Waals surface area (Å²) in [5, 5.41) is 1.04. The minimum absolute atomic E-state index is 0.476. The Bertz CT molecular complexity index is 130. The van der Waals surface area contributed by atoms with E-state index in [1.165, 1.54) is 25.7 Å². The van der Waals surface area contributed by atoms with Gasteiger partial charge in [0.1, 0.15) is 7.00 Å². The van der Waals surface area contributed by atoms with Gasteiger partial charge in [-0.25, -0.2) is 0 Å². The summed E-state index contributed by atoms with van der Waals surface area (Å²) in [6, 6.07) is 0. The fourth-order valence-corrected chi connectivity index (χ4v) is 2.77. The van der Waals surface area contributed by atoms with Gasteiger partial charge in [-0.2, -0.15) is 8.46 Å². The Hall–Kier alpha value is 0.495. The van der Waals surface area contributed by atoms with E-state index in [1.807, 2.05) is 0 Å². The van der Waals surface area contributed by atoms with Gasteiger partial charge < -0.3 is 0 Å². The van der Waals surface area contributed by atoms with Crippen LogP contribution in [0.25, 0.3) is 0 Å². The first-order valence-corrected chi connectivity index (χ1v) is 7.15. The molecule has 0 aromatic rings. The summed E-state index contributed by atoms with van der Waals surface area (Å²) in [7, 11) is 1.02. The van der Waals surface area contributed by atoms with Crippen LogP contribution in [-0.2, 0) is 0 Å². The Balaban J connectivity index is 4.14. The molecule has 14 heavy (non-hydrogen) atoms. The Labute approximate surface area is 93.6 Å². The van der Waals surface area contributed by atoms with Crippen molar-refractivity contribution in [2.75, 3.05) is 0 Å². The lowest BCUT2D eigenvalue weighted by Crippen LogP contribution is -2.21. The molecule has 0 aromatic carbocycles. The lowest BCUT2D eigenvalue weighted by molar-refractivity contribution is 0.564. The van der Waals surface area contributed by atoms with Crippen LogP contribution in [0.2, 0.25) is 5.31 Å². The third-order valence-corrected chi connectivity index (χ3v) is 6.19. The maximum absolute atomic E-state index is 2.60. The van der Waals surface area contributed by atoms with Crippen LogP contribution >= 0.6 is 8.46 Å². The average Bonchev–Trinajstić information content (AvgIpc) is 2.25. The van der Waals surface area contributed by atoms with Gasteiger partial charge in [0.05, 0.1) is 0 Å². The van der Waals surface area contributed by atoms with Crippen LogP contribution in [0.5, 0.6) is 0 Å². The van der Waals surface area contributed by atoms with Crippen molar-refractivity contribution in [2.45, 2.75) is 77.7 Å². The van der Waals surface area contributed by atoms with Gasteiger partial charge >= 0.3 is 0 Å². The predicted molar refractivity (Wildman–Crippen MR) is 72.0 cm³/mol. The Kier molecular flexibility index (Phi) is 6.38. The van der Waals surface area contributed by atoms with E-state index < -0.39 is 0 Å². The van der Waals surface area contributed by atoms with Gasteiger partial charge in [0, 0.05) is 0 Å². The van der Waals surface area contributed by atoms with E-state index in [0.717, 1.165) is 8.46 Å². The average molecular weight is 213 g/mol. The first-order chi connectivity index (χ1) is 6.45. The fraction of sp³-hybridized carbons (Fsp3) is 1.00. The molecular weight excluding hydrogens is 186 g/mol. The molecule has 0 saturated heterocycles. The lowest BCUT2D eigenvalue weighted by Gasteiger charge is -2.33. The van der Waals surface area contributed by atoms with E-state index in [-0.39, 0.29) is 0 Å². The maximum atomic E-state index is 2.60. The summed E-state index contributed by atoms with van der Waals surface area (Å²) < 4.78 is 0. The minimum atomic E-state index is 0.476. The van der Waals surface area contributed by atoms with Crippen molar-refractivity contribution >= 4 is 15.5 Å². The van der Waals surface area contributed by atoms with Crippen LogP contribution in [-0.4, -0.2) is 12.2 Å². The smallest absolute Gasteiger partial charge is 0.150 e. The SMILES string of the molecule is CCC(C)([B]PC(C)(CC)CC)CC. The monoisotopic (exact) mass is 213 g/mol. The van der Waals surface area contributed by atoms with Crippen molar-refractivity contribution in [3.63, 3.8) is 0 Å². The second-order valence-electron chi connectivity index (χ2n) is 4.92. The molecule has 0 spiro atoms. The van der Waals surface area contributed by atoms with Crippen LogP contribution < -0.4 is 0 Å². The molecule has 2 heteroatoms. The van der Waals surface area contributed by atoms with Crippen LogP contribution in [0.15, 0.2) is 0 Å². The lowest BCUT2D eigenvalue weighted by atomic mass is 9.65. The maximum Gasteiger partial charge on any atom is 0.150 e. The predicted octanol–water partition coefficient (Wildman–Crippen LogP) is 4.86. The second kappa shape index (κ2) is 6.16. The van der Waals surface area contributed by atoms with E-state index in [2.05, 4.69) is 48.5 Å². The standard InChI is InChI=1S/C12H27BP/c1-7-11(5,8-2)13-14-12(6,9-3)10-4/h14H,7-10H2,1-6H3. The molecule has 0 aliphatic rings. The number of hydrogen-bond donors (Lipinski definition) is 0. The van der Waals surface area contributed by atoms with Gasteiger partial charge in [-0.1, -0.05) is 59.7 Å². The molecule has 83 valence electrons. The molecule has 0 nitrogen and oxygen atoms in total. The first-order valence-electron chi connectivity index (χ1n) is 6.07. The highest BCUT2D eigenvalue weighted by molar-refractivity contribution is 7.72. The minimum Gasteiger partial charge on any atom is -0.156 e. The Morgan fingerprint density at radius 3 is 1.57 bits per heavy atom. The zero-order valence-electron chi connectivity index (χ0n) is 10.9. The van der Waals surface area contributed by atoms with Gasteiger partial charge in [-0.15, -0.1) is 0 Å². The number of hydrogen-bond acceptors (Lipinski definition) is 0. The Morgan fingerprint density at radius 1 is 0.857 bits per heavy atom. The summed E-state index contributed by atoms with van der Waals surface area (Å²) in [4.78, 5) is 0. The van der Waals surface area contributed by atoms with Crippen molar-refractivity contribution in [2.24, 2.45) is 0 Å². The molecule has 0 bridgehead atoms. The van der Waals surface area contributed by atoms with Crippen LogP contribution in [0.3, 0.4) is 0 Å². The molecule has 0 rings (SSSR count). The van der Waals surface area contributed by atoms with Crippen molar-refractivity contribution in [1.29, 1.82) is 0 Å². The summed E-state index contributed by atoms with van der Waals surface area (Å²) in [5.41, 5.74) is 0. The summed E-state index contributed by atoms with van der Waals surface area (Å²) in [6.45, 7) is 16.7. The van der Waals surface area contributed by atoms with Crippen LogP contribution in [0.4, 0.5) is 0 Å². The molecule has 0 N–H and O–H groups in total. The van der Waals surface area contributed by atoms with E-state index in [0.29, 0.717) is 10.5 Å². The molecule has 1 atom stereocenters. The second-order valence-corrected chi connectivity index (χ2v) is 6.70. The third-order valence-electron chi connectivity index (χ3n) is 3.95. The van der Waals surface area contributed by atoms with Gasteiger partial charge in [0.2, 0.25) is 0 Å². The topological polar surface area (TPSA) is 0 Å². The molecule has 0 aromatic heterocycles. The van der Waals surface area contributed by atoms with Crippen LogP contribution in [0, 0.1) is 0 Å². The molecule has 0 heterocycles. The van der Waals surface area contributed by atoms with Crippen molar-refractivity contribution < 1.29 is 0 Å². The zero-order chi connectivity index (χ0) is 11.2. The van der Waals surface area contributed by atoms with Gasteiger partial charge in [-0.05, 0) is 18.0 Å². The number of rotatable bonds is 7. The first kappa shape index (κ1) is 14.5. The summed E-state index contributed by atoms with van der Waals surface area (Å²) >= 11 is 0. The van der Waals surface area contributed by atoms with Crippen molar-refractivity contribution in [1.82, 2.24) is 0 Å². The van der Waals surface area contributed by atoms with Gasteiger partial charge in [0.25, 0.3) is 0 Å². The largest absolute Gasteiger partial charge is 0.156 e. The fourth-order valence-electron chi connectivity index (χ4n) is 1.26. The van der Waals surface area contributed by atoms with E-state index in [1.54, 1.807) is 0 Å². The molecule has 0 aliphatic carbocycles. The van der Waals surface area contributed by atoms with E-state index in [4.69, 9.17) is 0 Å². The molecule has 1 radical (unpaired) electrons. The normalized spacial score (nSPS) is 13.9. The molecule has 0 amide bonds. The molecule has 1 unspecified atom stereocenters. The molecular formula is C12H27BP. The molecule has 0 saturated carbocycles. The quantitative estimate of drug-likeness (QED) is 0.418. The summed E-state index contributed by atoms with van der Waals surface area (Å²) in [6.07, 6.45) is 5.17. The zero-order valence-corrected chi connectivity index (χ0v) is 11.9. The van der Waals surface area contributed by atoms with Gasteiger partial charge in [-0.3, -0.25) is 0 Å². The highest BCUT2D eigenvalue weighted by Gasteiger charge is 2.26. The van der Waals surface area contributed by atoms with Crippen molar-refractivity contribution in [3.8, 4) is 0 Å². The van der Waals surface area contributed by atoms with Gasteiger partial charge in [0.15, 0.2) is 0 Å². The van der Waals surface area contributed by atoms with Crippen molar-refractivity contribution in [3.05, 3.63) is 0 Å². The van der Waals surface area contributed by atoms with E-state index in [9.17, 15) is 0 Å². The molecule has 0 fully saturated rings. The highest BCUT2D eigenvalue weighted by Crippen LogP contribution is 2.45. The van der Waals surface area contributed by atoms with Crippen LogP contribution in [0.1, 0.15) is 67.2 Å².